The van der Waals surface area contributed by atoms with Crippen molar-refractivity contribution < 1.29 is 9.21 Å². The zero-order valence-electron chi connectivity index (χ0n) is 11.4. The highest BCUT2D eigenvalue weighted by Gasteiger charge is 2.12. The van der Waals surface area contributed by atoms with Crippen LogP contribution in [0.1, 0.15) is 11.1 Å². The molecule has 0 radical (unpaired) electrons. The minimum atomic E-state index is -0.180. The Morgan fingerprint density at radius 3 is 3.00 bits per heavy atom. The molecule has 5 nitrogen and oxygen atoms in total. The second kappa shape index (κ2) is 5.88. The second-order valence-electron chi connectivity index (χ2n) is 4.64. The summed E-state index contributed by atoms with van der Waals surface area (Å²) in [6.07, 6.45) is 0.276. The molecule has 0 aliphatic heterocycles. The maximum Gasteiger partial charge on any atom is 0.322 e. The summed E-state index contributed by atoms with van der Waals surface area (Å²) >= 11 is 1.55. The van der Waals surface area contributed by atoms with E-state index >= 15 is 0 Å². The molecule has 0 spiro atoms. The molecule has 1 amide bonds. The minimum Gasteiger partial charge on any atom is -0.403 e. The first-order valence-corrected chi connectivity index (χ1v) is 7.36. The van der Waals surface area contributed by atoms with E-state index in [0.717, 1.165) is 16.7 Å². The van der Waals surface area contributed by atoms with Gasteiger partial charge in [-0.05, 0) is 23.9 Å². The van der Waals surface area contributed by atoms with Crippen LogP contribution in [0, 0.1) is 6.92 Å². The number of carbonyl (C=O) groups is 1. The summed E-state index contributed by atoms with van der Waals surface area (Å²) in [5.74, 6) is 0.225. The highest BCUT2D eigenvalue weighted by Crippen LogP contribution is 2.22. The van der Waals surface area contributed by atoms with Crippen LogP contribution in [0.25, 0.3) is 11.5 Å². The van der Waals surface area contributed by atoms with Gasteiger partial charge in [-0.3, -0.25) is 10.1 Å². The second-order valence-corrected chi connectivity index (χ2v) is 5.42. The zero-order valence-corrected chi connectivity index (χ0v) is 12.2. The molecule has 0 atom stereocenters. The van der Waals surface area contributed by atoms with Crippen LogP contribution in [-0.4, -0.2) is 16.1 Å². The van der Waals surface area contributed by atoms with Gasteiger partial charge in [-0.2, -0.15) is 11.3 Å². The summed E-state index contributed by atoms with van der Waals surface area (Å²) in [6.45, 7) is 1.99. The smallest absolute Gasteiger partial charge is 0.322 e. The third kappa shape index (κ3) is 3.35. The Hall–Kier alpha value is -2.47. The van der Waals surface area contributed by atoms with E-state index in [0.29, 0.717) is 5.89 Å². The lowest BCUT2D eigenvalue weighted by Gasteiger charge is -2.02. The number of nitrogens with zero attached hydrogens (tertiary/aromatic N) is 2. The fraction of sp³-hybridized carbons (Fsp3) is 0.133. The van der Waals surface area contributed by atoms with Crippen LogP contribution < -0.4 is 5.32 Å². The molecule has 0 aliphatic carbocycles. The summed E-state index contributed by atoms with van der Waals surface area (Å²) in [7, 11) is 0. The van der Waals surface area contributed by atoms with Crippen molar-refractivity contribution in [3.8, 4) is 11.5 Å². The third-order valence-corrected chi connectivity index (χ3v) is 3.57. The number of benzene rings is 1. The lowest BCUT2D eigenvalue weighted by atomic mass is 10.1. The molecule has 3 aromatic rings. The van der Waals surface area contributed by atoms with Gasteiger partial charge >= 0.3 is 6.01 Å². The van der Waals surface area contributed by atoms with Crippen molar-refractivity contribution in [2.45, 2.75) is 13.3 Å². The number of hydrogen-bond donors (Lipinski definition) is 1. The molecule has 2 aromatic heterocycles. The summed E-state index contributed by atoms with van der Waals surface area (Å²) in [5, 5.41) is 14.2. The molecule has 2 heterocycles. The van der Waals surface area contributed by atoms with E-state index in [-0.39, 0.29) is 18.3 Å². The summed E-state index contributed by atoms with van der Waals surface area (Å²) in [6, 6.07) is 9.82. The van der Waals surface area contributed by atoms with E-state index in [1.54, 1.807) is 11.3 Å². The molecular weight excluding hydrogens is 286 g/mol. The monoisotopic (exact) mass is 299 g/mol. The Kier molecular flexibility index (Phi) is 3.79. The average Bonchev–Trinajstić information content (AvgIpc) is 3.08. The Morgan fingerprint density at radius 1 is 1.33 bits per heavy atom. The molecule has 1 aromatic carbocycles. The first-order valence-electron chi connectivity index (χ1n) is 6.42. The van der Waals surface area contributed by atoms with Gasteiger partial charge in [-0.15, -0.1) is 5.10 Å². The van der Waals surface area contributed by atoms with Crippen molar-refractivity contribution in [1.82, 2.24) is 10.2 Å². The molecule has 3 rings (SSSR count). The number of anilines is 1. The molecule has 21 heavy (non-hydrogen) atoms. The summed E-state index contributed by atoms with van der Waals surface area (Å²) in [5.41, 5.74) is 2.93. The van der Waals surface area contributed by atoms with Crippen LogP contribution in [-0.2, 0) is 11.2 Å². The van der Waals surface area contributed by atoms with Crippen molar-refractivity contribution in [1.29, 1.82) is 0 Å². The molecule has 0 saturated heterocycles. The largest absolute Gasteiger partial charge is 0.403 e. The summed E-state index contributed by atoms with van der Waals surface area (Å²) < 4.78 is 5.41. The molecule has 1 N–H and O–H groups in total. The first kappa shape index (κ1) is 13.5. The molecule has 0 saturated carbocycles. The van der Waals surface area contributed by atoms with Gasteiger partial charge in [0.2, 0.25) is 5.91 Å². The standard InChI is InChI=1S/C15H13N3O2S/c1-10-3-2-4-11(7-10)8-13(19)16-15-18-17-14(20-15)12-5-6-21-9-12/h2-7,9H,8H2,1H3,(H,16,18,19). The highest BCUT2D eigenvalue weighted by atomic mass is 32.1. The van der Waals surface area contributed by atoms with Gasteiger partial charge in [0.05, 0.1) is 6.42 Å². The average molecular weight is 299 g/mol. The number of nitrogens with one attached hydrogen (secondary N) is 1. The van der Waals surface area contributed by atoms with E-state index in [1.807, 2.05) is 48.0 Å². The van der Waals surface area contributed by atoms with Crippen molar-refractivity contribution in [2.75, 3.05) is 5.32 Å². The van der Waals surface area contributed by atoms with Crippen LogP contribution in [0.3, 0.4) is 0 Å². The number of carbonyl (C=O) groups excluding carboxylic acids is 1. The number of rotatable bonds is 4. The van der Waals surface area contributed by atoms with Crippen LogP contribution >= 0.6 is 11.3 Å². The van der Waals surface area contributed by atoms with Crippen molar-refractivity contribution >= 4 is 23.3 Å². The van der Waals surface area contributed by atoms with E-state index in [4.69, 9.17) is 4.42 Å². The molecule has 106 valence electrons. The van der Waals surface area contributed by atoms with Gasteiger partial charge in [-0.25, -0.2) is 0 Å². The maximum atomic E-state index is 12.0. The van der Waals surface area contributed by atoms with Gasteiger partial charge in [0, 0.05) is 10.9 Å². The molecule has 0 fully saturated rings. The van der Waals surface area contributed by atoms with Gasteiger partial charge < -0.3 is 4.42 Å². The Balaban J connectivity index is 1.65. The van der Waals surface area contributed by atoms with Crippen LogP contribution in [0.15, 0.2) is 45.5 Å². The number of thiophene rings is 1. The number of hydrogen-bond acceptors (Lipinski definition) is 5. The number of amides is 1. The quantitative estimate of drug-likeness (QED) is 0.802. The lowest BCUT2D eigenvalue weighted by molar-refractivity contribution is -0.115. The zero-order chi connectivity index (χ0) is 14.7. The lowest BCUT2D eigenvalue weighted by Crippen LogP contribution is -2.14. The van der Waals surface area contributed by atoms with Crippen molar-refractivity contribution in [3.63, 3.8) is 0 Å². The van der Waals surface area contributed by atoms with Crippen molar-refractivity contribution in [3.05, 3.63) is 52.2 Å². The molecule has 0 bridgehead atoms. The Bertz CT molecular complexity index is 750. The van der Waals surface area contributed by atoms with E-state index < -0.39 is 0 Å². The maximum absolute atomic E-state index is 12.0. The third-order valence-electron chi connectivity index (χ3n) is 2.89. The fourth-order valence-electron chi connectivity index (χ4n) is 1.95. The normalized spacial score (nSPS) is 10.5. The minimum absolute atomic E-state index is 0.119. The number of aromatic nitrogens is 2. The van der Waals surface area contributed by atoms with Crippen LogP contribution in [0.5, 0.6) is 0 Å². The van der Waals surface area contributed by atoms with Crippen LogP contribution in [0.2, 0.25) is 0 Å². The Labute approximate surface area is 125 Å². The van der Waals surface area contributed by atoms with E-state index in [9.17, 15) is 4.79 Å². The van der Waals surface area contributed by atoms with Crippen molar-refractivity contribution in [2.24, 2.45) is 0 Å². The highest BCUT2D eigenvalue weighted by molar-refractivity contribution is 7.08. The molecule has 6 heteroatoms. The summed E-state index contributed by atoms with van der Waals surface area (Å²) in [4.78, 5) is 12.0. The van der Waals surface area contributed by atoms with Gasteiger partial charge in [0.25, 0.3) is 5.89 Å². The van der Waals surface area contributed by atoms with Gasteiger partial charge in [0.1, 0.15) is 0 Å². The number of aryl methyl sites for hydroxylation is 1. The van der Waals surface area contributed by atoms with E-state index in [2.05, 4.69) is 15.5 Å². The molecular formula is C15H13N3O2S. The van der Waals surface area contributed by atoms with Gasteiger partial charge in [0.15, 0.2) is 0 Å². The van der Waals surface area contributed by atoms with Crippen LogP contribution in [0.4, 0.5) is 6.01 Å². The Morgan fingerprint density at radius 2 is 2.24 bits per heavy atom. The topological polar surface area (TPSA) is 68.0 Å². The van der Waals surface area contributed by atoms with E-state index in [1.165, 1.54) is 0 Å². The predicted molar refractivity (Wildman–Crippen MR) is 81.1 cm³/mol. The molecule has 0 unspecified atom stereocenters. The first-order chi connectivity index (χ1) is 10.2. The van der Waals surface area contributed by atoms with Gasteiger partial charge in [-0.1, -0.05) is 34.9 Å². The SMILES string of the molecule is Cc1cccc(CC(=O)Nc2nnc(-c3ccsc3)o2)c1. The molecule has 0 aliphatic rings. The predicted octanol–water partition coefficient (Wildman–Crippen LogP) is 3.29. The fourth-order valence-corrected chi connectivity index (χ4v) is 2.58.